The minimum atomic E-state index is -0.880. The molecular formula is C18H15NO4. The van der Waals surface area contributed by atoms with Crippen molar-refractivity contribution >= 4 is 11.8 Å². The van der Waals surface area contributed by atoms with Crippen LogP contribution >= 0.6 is 0 Å². The quantitative estimate of drug-likeness (QED) is 0.606. The molecule has 0 aromatic heterocycles. The summed E-state index contributed by atoms with van der Waals surface area (Å²) in [5.41, 5.74) is 0.989. The summed E-state index contributed by atoms with van der Waals surface area (Å²) >= 11 is 0. The molecule has 0 amide bonds. The van der Waals surface area contributed by atoms with E-state index in [0.717, 1.165) is 0 Å². The number of carbonyl (C=O) groups is 2. The second kappa shape index (κ2) is 7.76. The van der Waals surface area contributed by atoms with Gasteiger partial charge < -0.3 is 9.47 Å². The zero-order valence-electron chi connectivity index (χ0n) is 12.6. The minimum absolute atomic E-state index is 0.266. The van der Waals surface area contributed by atoms with Crippen LogP contribution in [0, 0.1) is 11.3 Å². The van der Waals surface area contributed by atoms with E-state index < -0.39 is 12.1 Å². The first-order chi connectivity index (χ1) is 11.1. The van der Waals surface area contributed by atoms with Crippen LogP contribution in [0.2, 0.25) is 0 Å². The molecule has 0 aliphatic heterocycles. The summed E-state index contributed by atoms with van der Waals surface area (Å²) in [6.07, 6.45) is -0.880. The molecular weight excluding hydrogens is 294 g/mol. The molecule has 5 nitrogen and oxygen atoms in total. The van der Waals surface area contributed by atoms with Gasteiger partial charge in [0.1, 0.15) is 5.75 Å². The van der Waals surface area contributed by atoms with Gasteiger partial charge in [-0.25, -0.2) is 4.79 Å². The predicted octanol–water partition coefficient (Wildman–Crippen LogP) is 2.75. The molecule has 0 aliphatic carbocycles. The Morgan fingerprint density at radius 2 is 1.74 bits per heavy atom. The van der Waals surface area contributed by atoms with Gasteiger partial charge in [-0.15, -0.1) is 0 Å². The highest BCUT2D eigenvalue weighted by Gasteiger charge is 2.19. The number of hydrogen-bond donors (Lipinski definition) is 0. The fourth-order valence-corrected chi connectivity index (χ4v) is 1.89. The molecule has 5 heteroatoms. The van der Waals surface area contributed by atoms with Crippen LogP contribution in [0.1, 0.15) is 22.8 Å². The second-order valence-corrected chi connectivity index (χ2v) is 4.79. The van der Waals surface area contributed by atoms with E-state index in [1.54, 1.807) is 54.6 Å². The number of rotatable bonds is 6. The summed E-state index contributed by atoms with van der Waals surface area (Å²) in [4.78, 5) is 23.8. The maximum Gasteiger partial charge on any atom is 0.344 e. The lowest BCUT2D eigenvalue weighted by Crippen LogP contribution is -2.27. The summed E-state index contributed by atoms with van der Waals surface area (Å²) in [6, 6.07) is 17.0. The Morgan fingerprint density at radius 1 is 1.09 bits per heavy atom. The Balaban J connectivity index is 1.84. The van der Waals surface area contributed by atoms with Gasteiger partial charge in [0.2, 0.25) is 5.78 Å². The number of esters is 1. The van der Waals surface area contributed by atoms with Crippen molar-refractivity contribution in [3.8, 4) is 11.8 Å². The smallest absolute Gasteiger partial charge is 0.344 e. The summed E-state index contributed by atoms with van der Waals surface area (Å²) in [5.74, 6) is -0.452. The number of ether oxygens (including phenoxy) is 2. The minimum Gasteiger partial charge on any atom is -0.482 e. The van der Waals surface area contributed by atoms with Gasteiger partial charge in [-0.05, 0) is 31.2 Å². The second-order valence-electron chi connectivity index (χ2n) is 4.79. The number of nitriles is 1. The van der Waals surface area contributed by atoms with E-state index in [1.807, 2.05) is 6.07 Å². The molecule has 2 aromatic rings. The van der Waals surface area contributed by atoms with Crippen LogP contribution in [-0.4, -0.2) is 24.5 Å². The van der Waals surface area contributed by atoms with Gasteiger partial charge in [-0.1, -0.05) is 30.3 Å². The molecule has 0 aliphatic rings. The van der Waals surface area contributed by atoms with Gasteiger partial charge in [-0.2, -0.15) is 5.26 Å². The van der Waals surface area contributed by atoms with Crippen molar-refractivity contribution in [1.82, 2.24) is 0 Å². The number of carbonyl (C=O) groups excluding carboxylic acids is 2. The van der Waals surface area contributed by atoms with Crippen molar-refractivity contribution < 1.29 is 19.1 Å². The molecule has 0 bridgehead atoms. The zero-order valence-corrected chi connectivity index (χ0v) is 12.6. The van der Waals surface area contributed by atoms with Crippen LogP contribution in [-0.2, 0) is 9.53 Å². The predicted molar refractivity (Wildman–Crippen MR) is 83.0 cm³/mol. The molecule has 0 unspecified atom stereocenters. The Labute approximate surface area is 134 Å². The van der Waals surface area contributed by atoms with Gasteiger partial charge in [0.05, 0.1) is 11.6 Å². The van der Waals surface area contributed by atoms with Gasteiger partial charge >= 0.3 is 5.97 Å². The van der Waals surface area contributed by atoms with Crippen molar-refractivity contribution in [2.75, 3.05) is 6.61 Å². The van der Waals surface area contributed by atoms with E-state index in [4.69, 9.17) is 14.7 Å². The molecule has 2 rings (SSSR count). The average molecular weight is 309 g/mol. The van der Waals surface area contributed by atoms with E-state index in [0.29, 0.717) is 16.9 Å². The van der Waals surface area contributed by atoms with E-state index in [9.17, 15) is 9.59 Å². The largest absolute Gasteiger partial charge is 0.482 e. The maximum atomic E-state index is 12.1. The molecule has 2 aromatic carbocycles. The molecule has 0 saturated heterocycles. The lowest BCUT2D eigenvalue weighted by molar-refractivity contribution is -0.148. The van der Waals surface area contributed by atoms with E-state index in [2.05, 4.69) is 0 Å². The summed E-state index contributed by atoms with van der Waals surface area (Å²) < 4.78 is 10.3. The molecule has 0 radical (unpaired) electrons. The summed E-state index contributed by atoms with van der Waals surface area (Å²) in [7, 11) is 0. The lowest BCUT2D eigenvalue weighted by Gasteiger charge is -2.12. The molecule has 0 spiro atoms. The normalized spacial score (nSPS) is 11.1. The lowest BCUT2D eigenvalue weighted by atomic mass is 10.1. The van der Waals surface area contributed by atoms with Crippen molar-refractivity contribution in [3.05, 3.63) is 65.7 Å². The third-order valence-electron chi connectivity index (χ3n) is 3.08. The zero-order chi connectivity index (χ0) is 16.7. The van der Waals surface area contributed by atoms with Gasteiger partial charge in [0.15, 0.2) is 12.7 Å². The van der Waals surface area contributed by atoms with E-state index in [1.165, 1.54) is 6.92 Å². The number of benzene rings is 2. The topological polar surface area (TPSA) is 76.4 Å². The Kier molecular flexibility index (Phi) is 5.48. The molecule has 0 N–H and O–H groups in total. The van der Waals surface area contributed by atoms with Crippen LogP contribution in [0.3, 0.4) is 0 Å². The first-order valence-corrected chi connectivity index (χ1v) is 7.02. The van der Waals surface area contributed by atoms with Crippen LogP contribution in [0.4, 0.5) is 0 Å². The molecule has 0 saturated carbocycles. The Hall–Kier alpha value is -3.13. The molecule has 0 heterocycles. The standard InChI is InChI=1S/C18H15NO4/c1-13(18(21)15-5-3-2-4-6-15)23-17(20)12-22-16-9-7-14(11-19)8-10-16/h2-10,13H,12H2,1H3/t13-/m1/s1. The number of ketones is 1. The van der Waals surface area contributed by atoms with Crippen molar-refractivity contribution in [2.45, 2.75) is 13.0 Å². The summed E-state index contributed by atoms with van der Waals surface area (Å²) in [6.45, 7) is 1.22. The van der Waals surface area contributed by atoms with Gasteiger partial charge in [0.25, 0.3) is 0 Å². The van der Waals surface area contributed by atoms with Crippen LogP contribution in [0.25, 0.3) is 0 Å². The molecule has 0 fully saturated rings. The first kappa shape index (κ1) is 16.2. The van der Waals surface area contributed by atoms with Crippen LogP contribution in [0.5, 0.6) is 5.75 Å². The highest BCUT2D eigenvalue weighted by atomic mass is 16.6. The van der Waals surface area contributed by atoms with Gasteiger partial charge in [0, 0.05) is 5.56 Å². The molecule has 116 valence electrons. The van der Waals surface area contributed by atoms with Crippen molar-refractivity contribution in [2.24, 2.45) is 0 Å². The van der Waals surface area contributed by atoms with Crippen LogP contribution < -0.4 is 4.74 Å². The monoisotopic (exact) mass is 309 g/mol. The molecule has 1 atom stereocenters. The Bertz CT molecular complexity index is 717. The first-order valence-electron chi connectivity index (χ1n) is 7.02. The number of hydrogen-bond acceptors (Lipinski definition) is 5. The van der Waals surface area contributed by atoms with Gasteiger partial charge in [-0.3, -0.25) is 4.79 Å². The molecule has 23 heavy (non-hydrogen) atoms. The number of Topliss-reactive ketones (excluding diaryl/α,β-unsaturated/α-hetero) is 1. The third kappa shape index (κ3) is 4.68. The Morgan fingerprint density at radius 3 is 2.35 bits per heavy atom. The van der Waals surface area contributed by atoms with E-state index in [-0.39, 0.29) is 12.4 Å². The average Bonchev–Trinajstić information content (AvgIpc) is 2.60. The highest BCUT2D eigenvalue weighted by molar-refractivity contribution is 6.00. The fourth-order valence-electron chi connectivity index (χ4n) is 1.89. The van der Waals surface area contributed by atoms with Crippen LogP contribution in [0.15, 0.2) is 54.6 Å². The fraction of sp³-hybridized carbons (Fsp3) is 0.167. The SMILES string of the molecule is C[C@@H](OC(=O)COc1ccc(C#N)cc1)C(=O)c1ccccc1. The third-order valence-corrected chi connectivity index (χ3v) is 3.08. The summed E-state index contributed by atoms with van der Waals surface area (Å²) in [5, 5.41) is 8.69. The van der Waals surface area contributed by atoms with E-state index >= 15 is 0 Å². The van der Waals surface area contributed by atoms with Crippen molar-refractivity contribution in [3.63, 3.8) is 0 Å². The maximum absolute atomic E-state index is 12.1. The highest BCUT2D eigenvalue weighted by Crippen LogP contribution is 2.12. The van der Waals surface area contributed by atoms with Crippen molar-refractivity contribution in [1.29, 1.82) is 5.26 Å². The number of nitrogens with zero attached hydrogens (tertiary/aromatic N) is 1.